The molecule has 1 N–H and O–H groups in total. The summed E-state index contributed by atoms with van der Waals surface area (Å²) in [7, 11) is 0. The molecule has 1 aromatic carbocycles. The van der Waals surface area contributed by atoms with E-state index in [1.807, 2.05) is 22.9 Å². The van der Waals surface area contributed by atoms with Gasteiger partial charge in [-0.2, -0.15) is 0 Å². The first-order valence-corrected chi connectivity index (χ1v) is 13.3. The fourth-order valence-electron chi connectivity index (χ4n) is 6.12. The number of aromatic amines is 1. The van der Waals surface area contributed by atoms with Gasteiger partial charge in [-0.05, 0) is 74.4 Å². The van der Waals surface area contributed by atoms with Gasteiger partial charge in [-0.25, -0.2) is 9.18 Å². The molecule has 1 amide bonds. The van der Waals surface area contributed by atoms with Crippen LogP contribution < -0.4 is 10.6 Å². The van der Waals surface area contributed by atoms with E-state index in [-0.39, 0.29) is 23.5 Å². The molecule has 7 nitrogen and oxygen atoms in total. The van der Waals surface area contributed by atoms with Crippen molar-refractivity contribution < 1.29 is 9.18 Å². The maximum atomic E-state index is 13.7. The van der Waals surface area contributed by atoms with Crippen molar-refractivity contribution in [2.45, 2.75) is 57.4 Å². The van der Waals surface area contributed by atoms with Crippen LogP contribution in [0, 0.1) is 5.82 Å². The second-order valence-corrected chi connectivity index (χ2v) is 10.4. The number of allylic oxidation sites excluding steroid dienone is 3. The molecule has 3 aliphatic heterocycles. The smallest absolute Gasteiger partial charge is 0.326 e. The molecule has 1 atom stereocenters. The standard InChI is InChI=1S/C29H32FN5O2/c1-19-5-4-7-24-27(19)35(29(37)32-24)22-11-14-33(15-12-22)23-6-2-3-13-31-25(18-23)28(36)34-16-10-20-17-21(30)8-9-26(20)34/h4,6-9,13,17-19,22H,2-3,5,10-12,14-16H2,1H3,(H,32,37)/b23-6+,25-18-,31-13?. The molecule has 0 bridgehead atoms. The molecule has 1 unspecified atom stereocenters. The molecule has 4 aliphatic rings. The Morgan fingerprint density at radius 3 is 2.84 bits per heavy atom. The molecule has 0 spiro atoms. The summed E-state index contributed by atoms with van der Waals surface area (Å²) in [5.41, 5.74) is 5.10. The number of halogens is 1. The predicted molar refractivity (Wildman–Crippen MR) is 143 cm³/mol. The van der Waals surface area contributed by atoms with Crippen LogP contribution in [0.15, 0.2) is 57.6 Å². The van der Waals surface area contributed by atoms with Crippen LogP contribution in [0.5, 0.6) is 0 Å². The zero-order valence-electron chi connectivity index (χ0n) is 21.1. The van der Waals surface area contributed by atoms with E-state index in [1.165, 1.54) is 12.1 Å². The molecule has 192 valence electrons. The molecule has 1 fully saturated rings. The van der Waals surface area contributed by atoms with Crippen LogP contribution in [0.25, 0.3) is 6.08 Å². The van der Waals surface area contributed by atoms with Crippen LogP contribution in [0.3, 0.4) is 0 Å². The third-order valence-electron chi connectivity index (χ3n) is 8.00. The highest BCUT2D eigenvalue weighted by molar-refractivity contribution is 6.07. The van der Waals surface area contributed by atoms with Gasteiger partial charge in [0.1, 0.15) is 11.5 Å². The van der Waals surface area contributed by atoms with Gasteiger partial charge < -0.3 is 14.8 Å². The molecule has 2 aromatic rings. The summed E-state index contributed by atoms with van der Waals surface area (Å²) in [6.45, 7) is 4.32. The lowest BCUT2D eigenvalue weighted by Crippen LogP contribution is -2.37. The van der Waals surface area contributed by atoms with Gasteiger partial charge in [0, 0.05) is 54.9 Å². The maximum absolute atomic E-state index is 13.7. The van der Waals surface area contributed by atoms with Crippen LogP contribution in [0.1, 0.15) is 67.9 Å². The van der Waals surface area contributed by atoms with Crippen molar-refractivity contribution in [3.63, 3.8) is 0 Å². The van der Waals surface area contributed by atoms with E-state index in [0.717, 1.165) is 73.5 Å². The van der Waals surface area contributed by atoms with Gasteiger partial charge in [0.05, 0.1) is 5.69 Å². The van der Waals surface area contributed by atoms with Gasteiger partial charge in [0.2, 0.25) is 0 Å². The lowest BCUT2D eigenvalue weighted by atomic mass is 9.95. The Balaban J connectivity index is 1.21. The minimum absolute atomic E-state index is 0.0140. The Hall–Kier alpha value is -3.68. The number of carbonyl (C=O) groups excluding carboxylic acids is 1. The highest BCUT2D eigenvalue weighted by Crippen LogP contribution is 2.34. The van der Waals surface area contributed by atoms with Crippen molar-refractivity contribution in [1.29, 1.82) is 0 Å². The number of hydrogen-bond donors (Lipinski definition) is 1. The van der Waals surface area contributed by atoms with E-state index in [4.69, 9.17) is 0 Å². The number of likely N-dealkylation sites (tertiary alicyclic amines) is 1. The van der Waals surface area contributed by atoms with Crippen LogP contribution in [-0.2, 0) is 11.2 Å². The van der Waals surface area contributed by atoms with Gasteiger partial charge in [0.25, 0.3) is 5.91 Å². The lowest BCUT2D eigenvalue weighted by Gasteiger charge is -2.36. The number of nitrogens with zero attached hydrogens (tertiary/aromatic N) is 4. The van der Waals surface area contributed by atoms with Crippen LogP contribution in [0.2, 0.25) is 0 Å². The number of amides is 1. The monoisotopic (exact) mass is 501 g/mol. The summed E-state index contributed by atoms with van der Waals surface area (Å²) >= 11 is 0. The van der Waals surface area contributed by atoms with Gasteiger partial charge in [-0.1, -0.05) is 19.1 Å². The maximum Gasteiger partial charge on any atom is 0.326 e. The average Bonchev–Trinajstić information content (AvgIpc) is 3.44. The van der Waals surface area contributed by atoms with Gasteiger partial charge in [-0.15, -0.1) is 0 Å². The largest absolute Gasteiger partial charge is 0.372 e. The number of nitrogens with one attached hydrogen (secondary N) is 1. The molecule has 1 aromatic heterocycles. The van der Waals surface area contributed by atoms with Crippen LogP contribution >= 0.6 is 0 Å². The van der Waals surface area contributed by atoms with Crippen molar-refractivity contribution >= 4 is 23.9 Å². The van der Waals surface area contributed by atoms with E-state index < -0.39 is 0 Å². The minimum Gasteiger partial charge on any atom is -0.372 e. The minimum atomic E-state index is -0.279. The summed E-state index contributed by atoms with van der Waals surface area (Å²) in [4.78, 5) is 37.9. The van der Waals surface area contributed by atoms with Gasteiger partial charge >= 0.3 is 5.69 Å². The summed E-state index contributed by atoms with van der Waals surface area (Å²) < 4.78 is 15.7. The molecule has 6 rings (SSSR count). The number of hydrogen-bond acceptors (Lipinski definition) is 4. The molecule has 0 radical (unpaired) electrons. The van der Waals surface area contributed by atoms with E-state index in [0.29, 0.717) is 24.6 Å². The Kier molecular flexibility index (Phi) is 6.18. The van der Waals surface area contributed by atoms with Crippen molar-refractivity contribution in [3.05, 3.63) is 81.1 Å². The molecular formula is C29H32FN5O2. The van der Waals surface area contributed by atoms with Crippen LogP contribution in [0.4, 0.5) is 10.1 Å². The number of aromatic nitrogens is 2. The first kappa shape index (κ1) is 23.7. The summed E-state index contributed by atoms with van der Waals surface area (Å²) in [6, 6.07) is 4.76. The molecule has 37 heavy (non-hydrogen) atoms. The lowest BCUT2D eigenvalue weighted by molar-refractivity contribution is -0.115. The van der Waals surface area contributed by atoms with Crippen LogP contribution in [-0.4, -0.2) is 46.2 Å². The first-order valence-electron chi connectivity index (χ1n) is 13.3. The summed E-state index contributed by atoms with van der Waals surface area (Å²) in [5.74, 6) is -0.109. The van der Waals surface area contributed by atoms with Gasteiger partial charge in [0.15, 0.2) is 0 Å². The quantitative estimate of drug-likeness (QED) is 0.663. The Labute approximate surface area is 215 Å². The zero-order valence-corrected chi connectivity index (χ0v) is 21.1. The number of piperidine rings is 1. The fraction of sp³-hybridized carbons (Fsp3) is 0.414. The third kappa shape index (κ3) is 4.38. The number of H-pyrrole nitrogens is 1. The first-order chi connectivity index (χ1) is 18.0. The number of anilines is 1. The summed E-state index contributed by atoms with van der Waals surface area (Å²) in [6.07, 6.45) is 15.0. The topological polar surface area (TPSA) is 73.7 Å². The Morgan fingerprint density at radius 1 is 1.16 bits per heavy atom. The molecule has 1 saturated heterocycles. The third-order valence-corrected chi connectivity index (χ3v) is 8.00. The second-order valence-electron chi connectivity index (χ2n) is 10.4. The Morgan fingerprint density at radius 2 is 2.00 bits per heavy atom. The Bertz CT molecular complexity index is 1400. The summed E-state index contributed by atoms with van der Waals surface area (Å²) in [5, 5.41) is 0. The fourth-order valence-corrected chi connectivity index (χ4v) is 6.12. The van der Waals surface area contributed by atoms with E-state index in [9.17, 15) is 14.0 Å². The van der Waals surface area contributed by atoms with Crippen molar-refractivity contribution in [2.75, 3.05) is 24.5 Å². The molecule has 8 heteroatoms. The van der Waals surface area contributed by atoms with Gasteiger partial charge in [-0.3, -0.25) is 14.4 Å². The van der Waals surface area contributed by atoms with Crippen molar-refractivity contribution in [1.82, 2.24) is 14.5 Å². The average molecular weight is 502 g/mol. The number of aliphatic imine (C=N–C) groups is 1. The molecule has 0 saturated carbocycles. The molecule has 1 aliphatic carbocycles. The SMILES string of the molecule is CC1CC=Cc2[nH]c(=O)n(C3CCN(C4=C/CCC=N/C(C(=O)N5CCc6cc(F)ccc65)=C\4)CC3)c21. The molecule has 4 heterocycles. The highest BCUT2D eigenvalue weighted by atomic mass is 19.1. The zero-order chi connectivity index (χ0) is 25.5. The van der Waals surface area contributed by atoms with Crippen molar-refractivity contribution in [3.8, 4) is 0 Å². The molecular weight excluding hydrogens is 469 g/mol. The van der Waals surface area contributed by atoms with Crippen molar-refractivity contribution in [2.24, 2.45) is 4.99 Å². The van der Waals surface area contributed by atoms with E-state index in [2.05, 4.69) is 34.0 Å². The normalized spacial score (nSPS) is 24.5. The number of rotatable bonds is 3. The number of carbonyl (C=O) groups is 1. The predicted octanol–water partition coefficient (Wildman–Crippen LogP) is 4.69. The van der Waals surface area contributed by atoms with E-state index in [1.54, 1.807) is 11.0 Å². The van der Waals surface area contributed by atoms with E-state index >= 15 is 0 Å². The number of benzene rings is 1. The number of fused-ring (bicyclic) bond motifs is 2. The second kappa shape index (κ2) is 9.65. The highest BCUT2D eigenvalue weighted by Gasteiger charge is 2.30. The number of imidazole rings is 1.